The van der Waals surface area contributed by atoms with Gasteiger partial charge in [-0.05, 0) is 39.5 Å². The number of aldehydes is 1. The summed E-state index contributed by atoms with van der Waals surface area (Å²) in [7, 11) is 0. The van der Waals surface area contributed by atoms with E-state index in [-0.39, 0.29) is 19.1 Å². The molecule has 2 amide bonds. The van der Waals surface area contributed by atoms with E-state index in [2.05, 4.69) is 5.43 Å². The Bertz CT molecular complexity index is 395. The lowest BCUT2D eigenvalue weighted by atomic mass is 9.76. The van der Waals surface area contributed by atoms with Crippen LogP contribution in [0, 0.1) is 5.92 Å². The van der Waals surface area contributed by atoms with E-state index in [0.717, 1.165) is 37.1 Å². The van der Waals surface area contributed by atoms with Gasteiger partial charge >= 0.3 is 12.2 Å². The van der Waals surface area contributed by atoms with Crippen LogP contribution in [0.5, 0.6) is 0 Å². The van der Waals surface area contributed by atoms with Crippen molar-refractivity contribution < 1.29 is 23.9 Å². The minimum Gasteiger partial charge on any atom is -0.449 e. The van der Waals surface area contributed by atoms with Gasteiger partial charge in [0.2, 0.25) is 0 Å². The Hall–Kier alpha value is -1.79. The second-order valence-corrected chi connectivity index (χ2v) is 5.55. The van der Waals surface area contributed by atoms with Gasteiger partial charge in [-0.2, -0.15) is 0 Å². The van der Waals surface area contributed by atoms with Crippen LogP contribution in [0.2, 0.25) is 0 Å². The average molecular weight is 314 g/mol. The molecular formula is C15H26N2O5. The number of nitrogens with one attached hydrogen (secondary N) is 1. The summed E-state index contributed by atoms with van der Waals surface area (Å²) in [6.45, 7) is 5.30. The molecule has 7 heteroatoms. The molecule has 0 aromatic rings. The summed E-state index contributed by atoms with van der Waals surface area (Å²) in [6, 6.07) is 0. The van der Waals surface area contributed by atoms with Crippen LogP contribution in [0.4, 0.5) is 9.59 Å². The number of hydrogen-bond acceptors (Lipinski definition) is 5. The topological polar surface area (TPSA) is 84.9 Å². The molecular weight excluding hydrogens is 288 g/mol. The lowest BCUT2D eigenvalue weighted by Crippen LogP contribution is -2.63. The van der Waals surface area contributed by atoms with Crippen molar-refractivity contribution in [2.45, 2.75) is 58.4 Å². The Balaban J connectivity index is 2.99. The quantitative estimate of drug-likeness (QED) is 0.623. The van der Waals surface area contributed by atoms with Crippen LogP contribution < -0.4 is 5.43 Å². The van der Waals surface area contributed by atoms with Gasteiger partial charge in [-0.3, -0.25) is 0 Å². The van der Waals surface area contributed by atoms with E-state index in [0.29, 0.717) is 6.29 Å². The molecule has 0 heterocycles. The molecule has 1 fully saturated rings. The van der Waals surface area contributed by atoms with Gasteiger partial charge in [-0.15, -0.1) is 0 Å². The van der Waals surface area contributed by atoms with Crippen LogP contribution in [-0.4, -0.2) is 42.2 Å². The number of nitrogens with zero attached hydrogens (tertiary/aromatic N) is 1. The van der Waals surface area contributed by atoms with Gasteiger partial charge < -0.3 is 14.3 Å². The Morgan fingerprint density at radius 3 is 2.27 bits per heavy atom. The van der Waals surface area contributed by atoms with Gasteiger partial charge in [0.15, 0.2) is 0 Å². The van der Waals surface area contributed by atoms with Gasteiger partial charge in [-0.25, -0.2) is 20.0 Å². The largest absolute Gasteiger partial charge is 0.449 e. The van der Waals surface area contributed by atoms with Crippen LogP contribution in [0.3, 0.4) is 0 Å². The molecule has 0 saturated heterocycles. The van der Waals surface area contributed by atoms with Gasteiger partial charge in [-0.1, -0.05) is 19.3 Å². The number of carbonyl (C=O) groups is 3. The summed E-state index contributed by atoms with van der Waals surface area (Å²) in [4.78, 5) is 35.7. The van der Waals surface area contributed by atoms with E-state index >= 15 is 0 Å². The molecule has 126 valence electrons. The first-order valence-corrected chi connectivity index (χ1v) is 7.86. The van der Waals surface area contributed by atoms with Crippen LogP contribution in [-0.2, 0) is 14.3 Å². The summed E-state index contributed by atoms with van der Waals surface area (Å²) in [5.74, 6) is -0.0231. The van der Waals surface area contributed by atoms with Crippen molar-refractivity contribution in [3.63, 3.8) is 0 Å². The first-order valence-electron chi connectivity index (χ1n) is 7.86. The monoisotopic (exact) mass is 314 g/mol. The third kappa shape index (κ3) is 4.35. The van der Waals surface area contributed by atoms with Crippen LogP contribution in [0.1, 0.15) is 52.9 Å². The number of carbonyl (C=O) groups excluding carboxylic acids is 3. The fraction of sp³-hybridized carbons (Fsp3) is 0.800. The molecule has 22 heavy (non-hydrogen) atoms. The van der Waals surface area contributed by atoms with E-state index in [1.54, 1.807) is 20.8 Å². The standard InChI is InChI=1S/C15H26N2O5/c1-4-21-13(19)16-17(14(20)22-5-2)15(3,11-18)12-9-7-6-8-10-12/h11-12H,4-10H2,1-3H3,(H,16,19). The maximum atomic E-state index is 12.2. The molecule has 0 aliphatic heterocycles. The lowest BCUT2D eigenvalue weighted by Gasteiger charge is -2.42. The zero-order valence-corrected chi connectivity index (χ0v) is 13.6. The number of hydrogen-bond donors (Lipinski definition) is 1. The van der Waals surface area contributed by atoms with Gasteiger partial charge in [0.25, 0.3) is 0 Å². The molecule has 7 nitrogen and oxygen atoms in total. The van der Waals surface area contributed by atoms with Crippen molar-refractivity contribution >= 4 is 18.5 Å². The molecule has 1 N–H and O–H groups in total. The highest BCUT2D eigenvalue weighted by Gasteiger charge is 2.45. The molecule has 0 radical (unpaired) electrons. The highest BCUT2D eigenvalue weighted by Crippen LogP contribution is 2.35. The normalized spacial score (nSPS) is 18.0. The van der Waals surface area contributed by atoms with Crippen molar-refractivity contribution in [3.8, 4) is 0 Å². The maximum absolute atomic E-state index is 12.2. The molecule has 1 rings (SSSR count). The first kappa shape index (κ1) is 18.3. The van der Waals surface area contributed by atoms with Crippen molar-refractivity contribution in [1.82, 2.24) is 10.4 Å². The Labute approximate surface area is 131 Å². The maximum Gasteiger partial charge on any atom is 0.429 e. The van der Waals surface area contributed by atoms with Crippen LogP contribution >= 0.6 is 0 Å². The number of rotatable bonds is 5. The second-order valence-electron chi connectivity index (χ2n) is 5.55. The molecule has 1 aliphatic carbocycles. The second kappa shape index (κ2) is 8.60. The molecule has 1 atom stereocenters. The van der Waals surface area contributed by atoms with Crippen molar-refractivity contribution in [1.29, 1.82) is 0 Å². The predicted molar refractivity (Wildman–Crippen MR) is 80.1 cm³/mol. The highest BCUT2D eigenvalue weighted by molar-refractivity contribution is 5.79. The summed E-state index contributed by atoms with van der Waals surface area (Å²) in [5, 5.41) is 0.984. The number of ether oxygens (including phenoxy) is 2. The van der Waals surface area contributed by atoms with Crippen molar-refractivity contribution in [3.05, 3.63) is 0 Å². The number of hydrazine groups is 1. The fourth-order valence-electron chi connectivity index (χ4n) is 2.82. The van der Waals surface area contributed by atoms with Gasteiger partial charge in [0.05, 0.1) is 13.2 Å². The van der Waals surface area contributed by atoms with E-state index < -0.39 is 17.7 Å². The minimum atomic E-state index is -1.15. The fourth-order valence-corrected chi connectivity index (χ4v) is 2.82. The van der Waals surface area contributed by atoms with Crippen molar-refractivity contribution in [2.75, 3.05) is 13.2 Å². The third-order valence-corrected chi connectivity index (χ3v) is 4.08. The summed E-state index contributed by atoms with van der Waals surface area (Å²) in [5.41, 5.74) is 1.20. The lowest BCUT2D eigenvalue weighted by molar-refractivity contribution is -0.123. The van der Waals surface area contributed by atoms with Gasteiger partial charge in [0, 0.05) is 0 Å². The highest BCUT2D eigenvalue weighted by atomic mass is 16.6. The smallest absolute Gasteiger partial charge is 0.429 e. The SMILES string of the molecule is CCOC(=O)NN(C(=O)OCC)C(C)(C=O)C1CCCCC1. The van der Waals surface area contributed by atoms with E-state index in [4.69, 9.17) is 9.47 Å². The zero-order valence-electron chi connectivity index (χ0n) is 13.6. The predicted octanol–water partition coefficient (Wildman–Crippen LogP) is 2.64. The van der Waals surface area contributed by atoms with Crippen LogP contribution in [0.25, 0.3) is 0 Å². The van der Waals surface area contributed by atoms with E-state index in [1.165, 1.54) is 0 Å². The molecule has 1 unspecified atom stereocenters. The Morgan fingerprint density at radius 1 is 1.18 bits per heavy atom. The third-order valence-electron chi connectivity index (χ3n) is 4.08. The first-order chi connectivity index (χ1) is 10.5. The van der Waals surface area contributed by atoms with Crippen LogP contribution in [0.15, 0.2) is 0 Å². The molecule has 0 aromatic carbocycles. The molecule has 0 aromatic heterocycles. The minimum absolute atomic E-state index is 0.0231. The summed E-state index contributed by atoms with van der Waals surface area (Å²) in [6.07, 6.45) is 3.97. The summed E-state index contributed by atoms with van der Waals surface area (Å²) < 4.78 is 9.79. The summed E-state index contributed by atoms with van der Waals surface area (Å²) >= 11 is 0. The molecule has 0 bridgehead atoms. The molecule has 1 aliphatic rings. The zero-order chi connectivity index (χ0) is 16.6. The molecule has 0 spiro atoms. The Kier molecular flexibility index (Phi) is 7.14. The molecule has 1 saturated carbocycles. The number of amides is 2. The Morgan fingerprint density at radius 2 is 1.77 bits per heavy atom. The van der Waals surface area contributed by atoms with E-state index in [1.807, 2.05) is 0 Å². The average Bonchev–Trinajstić information content (AvgIpc) is 2.53. The van der Waals surface area contributed by atoms with Gasteiger partial charge in [0.1, 0.15) is 11.8 Å². The van der Waals surface area contributed by atoms with Crippen molar-refractivity contribution in [2.24, 2.45) is 5.92 Å². The van der Waals surface area contributed by atoms with E-state index in [9.17, 15) is 14.4 Å².